The molecule has 15 heavy (non-hydrogen) atoms. The second-order valence-electron chi connectivity index (χ2n) is 3.62. The maximum Gasteiger partial charge on any atom is 0.322 e. The molecule has 0 aromatic carbocycles. The van der Waals surface area contributed by atoms with Crippen LogP contribution in [0, 0.1) is 6.92 Å². The summed E-state index contributed by atoms with van der Waals surface area (Å²) in [6, 6.07) is 1.67. The second kappa shape index (κ2) is 4.98. The van der Waals surface area contributed by atoms with E-state index in [9.17, 15) is 4.79 Å². The monoisotopic (exact) mass is 211 g/mol. The molecule has 1 aromatic heterocycles. The fourth-order valence-electron chi connectivity index (χ4n) is 1.33. The van der Waals surface area contributed by atoms with E-state index in [2.05, 4.69) is 4.74 Å². The molecule has 1 heterocycles. The van der Waals surface area contributed by atoms with Gasteiger partial charge < -0.3 is 9.15 Å². The number of carbonyl (C=O) groups is 1. The zero-order chi connectivity index (χ0) is 11.4. The maximum atomic E-state index is 11.3. The molecule has 0 N–H and O–H groups in total. The van der Waals surface area contributed by atoms with Crippen molar-refractivity contribution in [1.82, 2.24) is 4.90 Å². The number of nitrogens with zero attached hydrogens (tertiary/aromatic N) is 1. The molecule has 0 aliphatic carbocycles. The summed E-state index contributed by atoms with van der Waals surface area (Å²) in [6.45, 7) is 4.41. The molecule has 0 aliphatic rings. The highest BCUT2D eigenvalue weighted by Gasteiger charge is 2.19. The van der Waals surface area contributed by atoms with Crippen molar-refractivity contribution in [2.45, 2.75) is 26.4 Å². The van der Waals surface area contributed by atoms with Gasteiger partial charge in [-0.3, -0.25) is 9.69 Å². The molecule has 0 unspecified atom stereocenters. The number of hydrogen-bond acceptors (Lipinski definition) is 4. The summed E-state index contributed by atoms with van der Waals surface area (Å²) in [5, 5.41) is 0. The molecular weight excluding hydrogens is 194 g/mol. The van der Waals surface area contributed by atoms with E-state index in [0.29, 0.717) is 6.54 Å². The first-order valence-electron chi connectivity index (χ1n) is 4.87. The molecule has 0 bridgehead atoms. The van der Waals surface area contributed by atoms with Crippen molar-refractivity contribution in [3.8, 4) is 0 Å². The third-order valence-corrected chi connectivity index (χ3v) is 2.59. The van der Waals surface area contributed by atoms with Crippen LogP contribution in [-0.4, -0.2) is 31.1 Å². The SMILES string of the molecule is COC(=O)[C@@H](C)N(C)Cc1ccoc1C. The van der Waals surface area contributed by atoms with E-state index in [4.69, 9.17) is 4.42 Å². The van der Waals surface area contributed by atoms with Gasteiger partial charge in [0.05, 0.1) is 13.4 Å². The molecular formula is C11H17NO3. The lowest BCUT2D eigenvalue weighted by Crippen LogP contribution is -2.36. The number of ether oxygens (including phenoxy) is 1. The Bertz CT molecular complexity index is 332. The Hall–Kier alpha value is -1.29. The molecule has 4 nitrogen and oxygen atoms in total. The van der Waals surface area contributed by atoms with Crippen LogP contribution in [0.5, 0.6) is 0 Å². The van der Waals surface area contributed by atoms with Gasteiger partial charge in [0, 0.05) is 12.1 Å². The lowest BCUT2D eigenvalue weighted by molar-refractivity contribution is -0.145. The molecule has 84 valence electrons. The van der Waals surface area contributed by atoms with Gasteiger partial charge in [-0.1, -0.05) is 0 Å². The molecule has 0 fully saturated rings. The molecule has 0 saturated carbocycles. The Balaban J connectivity index is 2.59. The van der Waals surface area contributed by atoms with Gasteiger partial charge in [0.25, 0.3) is 0 Å². The predicted octanol–water partition coefficient (Wildman–Crippen LogP) is 1.58. The maximum absolute atomic E-state index is 11.3. The quantitative estimate of drug-likeness (QED) is 0.709. The smallest absolute Gasteiger partial charge is 0.322 e. The van der Waals surface area contributed by atoms with Gasteiger partial charge in [-0.2, -0.15) is 0 Å². The molecule has 4 heteroatoms. The highest BCUT2D eigenvalue weighted by molar-refractivity contribution is 5.75. The number of aryl methyl sites for hydroxylation is 1. The fourth-order valence-corrected chi connectivity index (χ4v) is 1.33. The van der Waals surface area contributed by atoms with E-state index in [1.54, 1.807) is 6.26 Å². The van der Waals surface area contributed by atoms with Gasteiger partial charge in [-0.15, -0.1) is 0 Å². The molecule has 0 saturated heterocycles. The first-order valence-corrected chi connectivity index (χ1v) is 4.87. The highest BCUT2D eigenvalue weighted by atomic mass is 16.5. The lowest BCUT2D eigenvalue weighted by atomic mass is 10.2. The molecule has 0 amide bonds. The Labute approximate surface area is 89.8 Å². The van der Waals surface area contributed by atoms with E-state index in [1.807, 2.05) is 31.9 Å². The van der Waals surface area contributed by atoms with Crippen LogP contribution in [0.1, 0.15) is 18.2 Å². The number of esters is 1. The summed E-state index contributed by atoms with van der Waals surface area (Å²) in [6.07, 6.45) is 1.65. The Morgan fingerprint density at radius 1 is 1.67 bits per heavy atom. The summed E-state index contributed by atoms with van der Waals surface area (Å²) in [4.78, 5) is 13.2. The summed E-state index contributed by atoms with van der Waals surface area (Å²) < 4.78 is 9.87. The predicted molar refractivity (Wildman–Crippen MR) is 56.4 cm³/mol. The normalized spacial score (nSPS) is 12.9. The lowest BCUT2D eigenvalue weighted by Gasteiger charge is -2.21. The first-order chi connectivity index (χ1) is 7.06. The van der Waals surface area contributed by atoms with Crippen molar-refractivity contribution >= 4 is 5.97 Å². The fraction of sp³-hybridized carbons (Fsp3) is 0.545. The van der Waals surface area contributed by atoms with Gasteiger partial charge in [-0.05, 0) is 27.0 Å². The van der Waals surface area contributed by atoms with E-state index in [-0.39, 0.29) is 12.0 Å². The van der Waals surface area contributed by atoms with Crippen LogP contribution < -0.4 is 0 Å². The Kier molecular flexibility index (Phi) is 3.91. The summed E-state index contributed by atoms with van der Waals surface area (Å²) in [7, 11) is 3.28. The molecule has 1 aromatic rings. The number of rotatable bonds is 4. The molecule has 0 spiro atoms. The number of furan rings is 1. The minimum Gasteiger partial charge on any atom is -0.469 e. The van der Waals surface area contributed by atoms with Gasteiger partial charge in [0.15, 0.2) is 0 Å². The van der Waals surface area contributed by atoms with Crippen LogP contribution in [0.2, 0.25) is 0 Å². The van der Waals surface area contributed by atoms with E-state index in [0.717, 1.165) is 11.3 Å². The summed E-state index contributed by atoms with van der Waals surface area (Å²) in [5.74, 6) is 0.664. The molecule has 0 radical (unpaired) electrons. The largest absolute Gasteiger partial charge is 0.469 e. The van der Waals surface area contributed by atoms with Crippen molar-refractivity contribution in [2.75, 3.05) is 14.2 Å². The van der Waals surface area contributed by atoms with Gasteiger partial charge >= 0.3 is 5.97 Å². The standard InChI is InChI=1S/C11H17NO3/c1-8(11(13)14-4)12(3)7-10-5-6-15-9(10)2/h5-6,8H,7H2,1-4H3/t8-/m1/s1. The number of likely N-dealkylation sites (N-methyl/N-ethyl adjacent to an activating group) is 1. The van der Waals surface area contributed by atoms with E-state index in [1.165, 1.54) is 7.11 Å². The minimum absolute atomic E-state index is 0.223. The first kappa shape index (κ1) is 11.8. The number of methoxy groups -OCH3 is 1. The summed E-state index contributed by atoms with van der Waals surface area (Å²) in [5.41, 5.74) is 1.09. The van der Waals surface area contributed by atoms with Crippen LogP contribution in [0.3, 0.4) is 0 Å². The topological polar surface area (TPSA) is 42.7 Å². The Morgan fingerprint density at radius 2 is 2.33 bits per heavy atom. The molecule has 1 rings (SSSR count). The number of hydrogen-bond donors (Lipinski definition) is 0. The Morgan fingerprint density at radius 3 is 2.80 bits per heavy atom. The van der Waals surface area contributed by atoms with Crippen LogP contribution in [0.25, 0.3) is 0 Å². The zero-order valence-corrected chi connectivity index (χ0v) is 9.61. The van der Waals surface area contributed by atoms with Gasteiger partial charge in [-0.25, -0.2) is 0 Å². The van der Waals surface area contributed by atoms with Gasteiger partial charge in [0.2, 0.25) is 0 Å². The van der Waals surface area contributed by atoms with Gasteiger partial charge in [0.1, 0.15) is 11.8 Å². The van der Waals surface area contributed by atoms with E-state index >= 15 is 0 Å². The van der Waals surface area contributed by atoms with Crippen LogP contribution in [-0.2, 0) is 16.1 Å². The average Bonchev–Trinajstić information content (AvgIpc) is 2.62. The van der Waals surface area contributed by atoms with Crippen molar-refractivity contribution < 1.29 is 13.9 Å². The molecule has 1 atom stereocenters. The third-order valence-electron chi connectivity index (χ3n) is 2.59. The average molecular weight is 211 g/mol. The minimum atomic E-state index is -0.246. The third kappa shape index (κ3) is 2.83. The highest BCUT2D eigenvalue weighted by Crippen LogP contribution is 2.12. The second-order valence-corrected chi connectivity index (χ2v) is 3.62. The van der Waals surface area contributed by atoms with Crippen LogP contribution >= 0.6 is 0 Å². The van der Waals surface area contributed by atoms with E-state index < -0.39 is 0 Å². The van der Waals surface area contributed by atoms with Crippen molar-refractivity contribution in [3.63, 3.8) is 0 Å². The van der Waals surface area contributed by atoms with Crippen molar-refractivity contribution in [2.24, 2.45) is 0 Å². The number of carbonyl (C=O) groups excluding carboxylic acids is 1. The van der Waals surface area contributed by atoms with Crippen LogP contribution in [0.15, 0.2) is 16.7 Å². The molecule has 0 aliphatic heterocycles. The van der Waals surface area contributed by atoms with Crippen molar-refractivity contribution in [3.05, 3.63) is 23.7 Å². The van der Waals surface area contributed by atoms with Crippen molar-refractivity contribution in [1.29, 1.82) is 0 Å². The summed E-state index contributed by atoms with van der Waals surface area (Å²) >= 11 is 0. The van der Waals surface area contributed by atoms with Crippen LogP contribution in [0.4, 0.5) is 0 Å². The zero-order valence-electron chi connectivity index (χ0n) is 9.61.